The Bertz CT molecular complexity index is 668. The van der Waals surface area contributed by atoms with Gasteiger partial charge >= 0.3 is 6.18 Å². The van der Waals surface area contributed by atoms with E-state index in [2.05, 4.69) is 15.0 Å². The number of aromatic nitrogens is 3. The van der Waals surface area contributed by atoms with Crippen molar-refractivity contribution in [3.05, 3.63) is 35.4 Å². The number of nitrogens with zero attached hydrogens (tertiary/aromatic N) is 3. The standard InChI is InChI=1S/C13H12F4N4/c1-6(2)10-19-11(21-12(18)20-10)8-5-7(14)3-4-9(8)13(15,16)17/h3-6H,1-2H3,(H2,18,19,20,21). The van der Waals surface area contributed by atoms with Crippen LogP contribution in [0.4, 0.5) is 23.5 Å². The summed E-state index contributed by atoms with van der Waals surface area (Å²) >= 11 is 0. The molecule has 0 saturated carbocycles. The Labute approximate surface area is 118 Å². The van der Waals surface area contributed by atoms with Gasteiger partial charge in [-0.25, -0.2) is 9.37 Å². The normalized spacial score (nSPS) is 12.0. The predicted molar refractivity (Wildman–Crippen MR) is 68.7 cm³/mol. The molecule has 0 spiro atoms. The summed E-state index contributed by atoms with van der Waals surface area (Å²) in [5.41, 5.74) is 4.01. The number of halogens is 4. The van der Waals surface area contributed by atoms with E-state index < -0.39 is 23.1 Å². The molecule has 8 heteroatoms. The molecule has 0 fully saturated rings. The summed E-state index contributed by atoms with van der Waals surface area (Å²) in [7, 11) is 0. The van der Waals surface area contributed by atoms with Gasteiger partial charge in [0.15, 0.2) is 5.82 Å². The lowest BCUT2D eigenvalue weighted by molar-refractivity contribution is -0.137. The number of anilines is 1. The van der Waals surface area contributed by atoms with Crippen LogP contribution in [0.25, 0.3) is 11.4 Å². The van der Waals surface area contributed by atoms with Crippen LogP contribution in [-0.4, -0.2) is 15.0 Å². The average Bonchev–Trinajstić information content (AvgIpc) is 2.36. The SMILES string of the molecule is CC(C)c1nc(N)nc(-c2cc(F)ccc2C(F)(F)F)n1. The first-order valence-electron chi connectivity index (χ1n) is 6.07. The summed E-state index contributed by atoms with van der Waals surface area (Å²) in [6.45, 7) is 3.52. The van der Waals surface area contributed by atoms with E-state index in [1.54, 1.807) is 13.8 Å². The van der Waals surface area contributed by atoms with Gasteiger partial charge in [0.05, 0.1) is 5.56 Å². The van der Waals surface area contributed by atoms with Crippen molar-refractivity contribution in [2.75, 3.05) is 5.73 Å². The van der Waals surface area contributed by atoms with Crippen molar-refractivity contribution in [2.24, 2.45) is 0 Å². The Hall–Kier alpha value is -2.25. The van der Waals surface area contributed by atoms with Gasteiger partial charge in [-0.2, -0.15) is 23.1 Å². The molecule has 1 aromatic heterocycles. The topological polar surface area (TPSA) is 64.7 Å². The molecule has 2 aromatic rings. The quantitative estimate of drug-likeness (QED) is 0.863. The van der Waals surface area contributed by atoms with Crippen molar-refractivity contribution in [2.45, 2.75) is 25.9 Å². The summed E-state index contributed by atoms with van der Waals surface area (Å²) in [4.78, 5) is 11.5. The fourth-order valence-electron chi connectivity index (χ4n) is 1.74. The van der Waals surface area contributed by atoms with E-state index in [4.69, 9.17) is 5.73 Å². The Kier molecular flexibility index (Phi) is 3.80. The maximum atomic E-state index is 13.3. The number of nitrogens with two attached hydrogens (primary N) is 1. The minimum Gasteiger partial charge on any atom is -0.368 e. The molecule has 0 atom stereocenters. The fourth-order valence-corrected chi connectivity index (χ4v) is 1.74. The number of rotatable bonds is 2. The first kappa shape index (κ1) is 15.1. The highest BCUT2D eigenvalue weighted by Crippen LogP contribution is 2.36. The molecule has 0 bridgehead atoms. The smallest absolute Gasteiger partial charge is 0.368 e. The van der Waals surface area contributed by atoms with Gasteiger partial charge in [-0.05, 0) is 18.2 Å². The molecule has 1 aromatic carbocycles. The van der Waals surface area contributed by atoms with E-state index >= 15 is 0 Å². The van der Waals surface area contributed by atoms with Crippen LogP contribution in [0.1, 0.15) is 31.2 Å². The third-order valence-electron chi connectivity index (χ3n) is 2.71. The molecular formula is C13H12F4N4. The second-order valence-electron chi connectivity index (χ2n) is 4.72. The van der Waals surface area contributed by atoms with Crippen molar-refractivity contribution in [1.29, 1.82) is 0 Å². The van der Waals surface area contributed by atoms with Crippen molar-refractivity contribution < 1.29 is 17.6 Å². The second kappa shape index (κ2) is 5.27. The Morgan fingerprint density at radius 3 is 2.33 bits per heavy atom. The molecule has 0 saturated heterocycles. The third-order valence-corrected chi connectivity index (χ3v) is 2.71. The average molecular weight is 300 g/mol. The van der Waals surface area contributed by atoms with E-state index in [9.17, 15) is 17.6 Å². The Balaban J connectivity index is 2.69. The molecule has 4 nitrogen and oxygen atoms in total. The lowest BCUT2D eigenvalue weighted by atomic mass is 10.1. The summed E-state index contributed by atoms with van der Waals surface area (Å²) in [5.74, 6) is -1.23. The van der Waals surface area contributed by atoms with Crippen LogP contribution in [0, 0.1) is 5.82 Å². The number of hydrogen-bond donors (Lipinski definition) is 1. The van der Waals surface area contributed by atoms with Crippen LogP contribution in [0.3, 0.4) is 0 Å². The second-order valence-corrected chi connectivity index (χ2v) is 4.72. The fraction of sp³-hybridized carbons (Fsp3) is 0.308. The summed E-state index contributed by atoms with van der Waals surface area (Å²) < 4.78 is 52.3. The third kappa shape index (κ3) is 3.26. The van der Waals surface area contributed by atoms with Crippen molar-refractivity contribution in [1.82, 2.24) is 15.0 Å². The zero-order valence-electron chi connectivity index (χ0n) is 11.2. The lowest BCUT2D eigenvalue weighted by Crippen LogP contribution is -2.11. The van der Waals surface area contributed by atoms with Crippen LogP contribution >= 0.6 is 0 Å². The van der Waals surface area contributed by atoms with E-state index in [-0.39, 0.29) is 23.5 Å². The number of hydrogen-bond acceptors (Lipinski definition) is 4. The zero-order chi connectivity index (χ0) is 15.8. The molecule has 2 N–H and O–H groups in total. The molecule has 0 unspecified atom stereocenters. The van der Waals surface area contributed by atoms with Gasteiger partial charge in [-0.1, -0.05) is 13.8 Å². The van der Waals surface area contributed by atoms with Gasteiger partial charge in [0.1, 0.15) is 11.6 Å². The number of benzene rings is 1. The summed E-state index contributed by atoms with van der Waals surface area (Å²) in [6.07, 6.45) is -4.65. The lowest BCUT2D eigenvalue weighted by Gasteiger charge is -2.13. The Morgan fingerprint density at radius 2 is 1.76 bits per heavy atom. The van der Waals surface area contributed by atoms with Gasteiger partial charge in [0.2, 0.25) is 5.95 Å². The number of alkyl halides is 3. The van der Waals surface area contributed by atoms with Crippen molar-refractivity contribution in [3.63, 3.8) is 0 Å². The van der Waals surface area contributed by atoms with E-state index in [1.807, 2.05) is 0 Å². The highest BCUT2D eigenvalue weighted by molar-refractivity contribution is 5.62. The van der Waals surface area contributed by atoms with Crippen LogP contribution < -0.4 is 5.73 Å². The summed E-state index contributed by atoms with van der Waals surface area (Å²) in [6, 6.07) is 2.13. The highest BCUT2D eigenvalue weighted by atomic mass is 19.4. The van der Waals surface area contributed by atoms with Gasteiger partial charge in [-0.3, -0.25) is 0 Å². The van der Waals surface area contributed by atoms with Crippen molar-refractivity contribution >= 4 is 5.95 Å². The van der Waals surface area contributed by atoms with E-state index in [1.165, 1.54) is 0 Å². The molecule has 21 heavy (non-hydrogen) atoms. The minimum atomic E-state index is -4.65. The highest BCUT2D eigenvalue weighted by Gasteiger charge is 2.34. The molecule has 0 aliphatic heterocycles. The monoisotopic (exact) mass is 300 g/mol. The molecular weight excluding hydrogens is 288 g/mol. The van der Waals surface area contributed by atoms with Crippen LogP contribution in [0.2, 0.25) is 0 Å². The molecule has 2 rings (SSSR count). The molecule has 0 aliphatic carbocycles. The summed E-state index contributed by atoms with van der Waals surface area (Å²) in [5, 5.41) is 0. The van der Waals surface area contributed by atoms with E-state index in [0.717, 1.165) is 12.1 Å². The van der Waals surface area contributed by atoms with Crippen LogP contribution in [0.15, 0.2) is 18.2 Å². The molecule has 1 heterocycles. The minimum absolute atomic E-state index is 0.156. The molecule has 0 amide bonds. The van der Waals surface area contributed by atoms with Crippen LogP contribution in [0.5, 0.6) is 0 Å². The van der Waals surface area contributed by atoms with Crippen LogP contribution in [-0.2, 0) is 6.18 Å². The maximum absolute atomic E-state index is 13.3. The first-order valence-corrected chi connectivity index (χ1v) is 6.07. The first-order chi connectivity index (χ1) is 9.68. The van der Waals surface area contributed by atoms with E-state index in [0.29, 0.717) is 6.07 Å². The molecule has 0 aliphatic rings. The van der Waals surface area contributed by atoms with Gasteiger partial charge in [0, 0.05) is 11.5 Å². The van der Waals surface area contributed by atoms with Gasteiger partial charge < -0.3 is 5.73 Å². The maximum Gasteiger partial charge on any atom is 0.417 e. The Morgan fingerprint density at radius 1 is 1.10 bits per heavy atom. The molecule has 112 valence electrons. The molecule has 0 radical (unpaired) electrons. The van der Waals surface area contributed by atoms with Crippen molar-refractivity contribution in [3.8, 4) is 11.4 Å². The van der Waals surface area contributed by atoms with Gasteiger partial charge in [0.25, 0.3) is 0 Å². The predicted octanol–water partition coefficient (Wildman–Crippen LogP) is 3.40. The zero-order valence-corrected chi connectivity index (χ0v) is 11.2. The number of nitrogen functional groups attached to an aromatic ring is 1. The van der Waals surface area contributed by atoms with Gasteiger partial charge in [-0.15, -0.1) is 0 Å². The largest absolute Gasteiger partial charge is 0.417 e.